The van der Waals surface area contributed by atoms with Crippen LogP contribution in [0.2, 0.25) is 5.02 Å². The van der Waals surface area contributed by atoms with Gasteiger partial charge in [-0.2, -0.15) is 5.10 Å². The molecular formula is C18H18ClF2N5. The van der Waals surface area contributed by atoms with E-state index < -0.39 is 5.92 Å². The van der Waals surface area contributed by atoms with Gasteiger partial charge in [-0.15, -0.1) is 0 Å². The molecule has 3 heterocycles. The van der Waals surface area contributed by atoms with Crippen LogP contribution in [0.3, 0.4) is 0 Å². The van der Waals surface area contributed by atoms with Crippen molar-refractivity contribution in [2.75, 3.05) is 19.6 Å². The monoisotopic (exact) mass is 377 g/mol. The molecule has 4 rings (SSSR count). The molecule has 0 atom stereocenters. The van der Waals surface area contributed by atoms with Crippen molar-refractivity contribution in [2.24, 2.45) is 0 Å². The molecule has 0 N–H and O–H groups in total. The number of likely N-dealkylation sites (tertiary alicyclic amines) is 1. The summed E-state index contributed by atoms with van der Waals surface area (Å²) in [7, 11) is 0. The van der Waals surface area contributed by atoms with Gasteiger partial charge in [-0.05, 0) is 6.07 Å². The van der Waals surface area contributed by atoms with Gasteiger partial charge in [0.05, 0.1) is 23.8 Å². The molecule has 0 bridgehead atoms. The molecule has 0 radical (unpaired) electrons. The highest BCUT2D eigenvalue weighted by Gasteiger charge is 2.33. The molecule has 136 valence electrons. The van der Waals surface area contributed by atoms with Gasteiger partial charge in [0.15, 0.2) is 5.65 Å². The largest absolute Gasteiger partial charge is 0.301 e. The minimum atomic E-state index is -2.52. The van der Waals surface area contributed by atoms with E-state index in [1.807, 2.05) is 29.2 Å². The van der Waals surface area contributed by atoms with Crippen LogP contribution in [-0.4, -0.2) is 50.2 Å². The topological polar surface area (TPSA) is 46.8 Å². The van der Waals surface area contributed by atoms with Crippen molar-refractivity contribution in [1.29, 1.82) is 0 Å². The summed E-state index contributed by atoms with van der Waals surface area (Å²) in [5, 5.41) is 5.87. The van der Waals surface area contributed by atoms with Gasteiger partial charge in [0.2, 0.25) is 0 Å². The van der Waals surface area contributed by atoms with E-state index in [4.69, 9.17) is 11.6 Å². The molecule has 2 aromatic heterocycles. The quantitative estimate of drug-likeness (QED) is 0.692. The molecule has 0 unspecified atom stereocenters. The molecule has 0 spiro atoms. The molecule has 8 heteroatoms. The third kappa shape index (κ3) is 3.41. The van der Waals surface area contributed by atoms with E-state index in [9.17, 15) is 8.78 Å². The molecule has 1 aliphatic rings. The van der Waals surface area contributed by atoms with E-state index >= 15 is 0 Å². The van der Waals surface area contributed by atoms with Gasteiger partial charge in [0.25, 0.3) is 5.92 Å². The molecule has 0 aliphatic carbocycles. The fourth-order valence-corrected chi connectivity index (χ4v) is 3.49. The van der Waals surface area contributed by atoms with E-state index in [-0.39, 0.29) is 12.8 Å². The predicted octanol–water partition coefficient (Wildman–Crippen LogP) is 3.88. The molecule has 0 saturated carbocycles. The van der Waals surface area contributed by atoms with Crippen molar-refractivity contribution in [3.63, 3.8) is 0 Å². The maximum absolute atomic E-state index is 13.3. The molecular weight excluding hydrogens is 360 g/mol. The lowest BCUT2D eigenvalue weighted by molar-refractivity contribution is -0.0555. The van der Waals surface area contributed by atoms with Crippen LogP contribution in [0.25, 0.3) is 22.3 Å². The smallest absolute Gasteiger partial charge is 0.250 e. The predicted molar refractivity (Wildman–Crippen MR) is 96.4 cm³/mol. The summed E-state index contributed by atoms with van der Waals surface area (Å²) in [6.45, 7) is 2.07. The Hall–Kier alpha value is -2.12. The highest BCUT2D eigenvalue weighted by atomic mass is 35.5. The number of rotatable bonds is 4. The standard InChI is InChI=1S/C18H18ClF2N5/c19-15-4-2-1-3-13(15)16-14-11-24-26(17(14)23-12-22-16)10-9-25-7-5-18(20,21)6-8-25/h1-4,11-12H,5-10H2. The number of piperidine rings is 1. The maximum atomic E-state index is 13.3. The van der Waals surface area contributed by atoms with E-state index in [0.717, 1.165) is 22.3 Å². The Bertz CT molecular complexity index is 917. The first-order valence-corrected chi connectivity index (χ1v) is 8.93. The van der Waals surface area contributed by atoms with Crippen molar-refractivity contribution in [3.05, 3.63) is 41.8 Å². The number of nitrogens with zero attached hydrogens (tertiary/aromatic N) is 5. The normalized spacial score (nSPS) is 17.7. The lowest BCUT2D eigenvalue weighted by Crippen LogP contribution is -2.40. The average Bonchev–Trinajstić information content (AvgIpc) is 3.05. The summed E-state index contributed by atoms with van der Waals surface area (Å²) in [4.78, 5) is 10.8. The SMILES string of the molecule is FC1(F)CCN(CCn2ncc3c(-c4ccccc4Cl)ncnc32)CC1. The lowest BCUT2D eigenvalue weighted by atomic mass is 10.1. The van der Waals surface area contributed by atoms with Gasteiger partial charge in [-0.3, -0.25) is 0 Å². The van der Waals surface area contributed by atoms with E-state index in [2.05, 4.69) is 15.1 Å². The second-order valence-corrected chi connectivity index (χ2v) is 6.91. The van der Waals surface area contributed by atoms with Crippen LogP contribution in [0.5, 0.6) is 0 Å². The minimum Gasteiger partial charge on any atom is -0.301 e. The van der Waals surface area contributed by atoms with Crippen LogP contribution in [-0.2, 0) is 6.54 Å². The number of hydrogen-bond donors (Lipinski definition) is 0. The molecule has 5 nitrogen and oxygen atoms in total. The number of halogens is 3. The Labute approximate surface area is 154 Å². The van der Waals surface area contributed by atoms with Gasteiger partial charge in [0, 0.05) is 43.1 Å². The van der Waals surface area contributed by atoms with Crippen LogP contribution < -0.4 is 0 Å². The molecule has 1 fully saturated rings. The summed E-state index contributed by atoms with van der Waals surface area (Å²) in [5.41, 5.74) is 2.29. The first-order valence-electron chi connectivity index (χ1n) is 8.55. The molecule has 0 amide bonds. The van der Waals surface area contributed by atoms with Crippen molar-refractivity contribution >= 4 is 22.6 Å². The number of fused-ring (bicyclic) bond motifs is 1. The highest BCUT2D eigenvalue weighted by Crippen LogP contribution is 2.31. The van der Waals surface area contributed by atoms with Crippen LogP contribution in [0, 0.1) is 0 Å². The van der Waals surface area contributed by atoms with Crippen LogP contribution in [0.1, 0.15) is 12.8 Å². The van der Waals surface area contributed by atoms with Crippen LogP contribution in [0.4, 0.5) is 8.78 Å². The highest BCUT2D eigenvalue weighted by molar-refractivity contribution is 6.33. The minimum absolute atomic E-state index is 0.0777. The third-order valence-corrected chi connectivity index (χ3v) is 5.11. The van der Waals surface area contributed by atoms with E-state index in [1.165, 1.54) is 6.33 Å². The average molecular weight is 378 g/mol. The first kappa shape index (κ1) is 17.3. The van der Waals surface area contributed by atoms with Crippen LogP contribution >= 0.6 is 11.6 Å². The lowest BCUT2D eigenvalue weighted by Gasteiger charge is -2.31. The summed E-state index contributed by atoms with van der Waals surface area (Å²) < 4.78 is 28.3. The zero-order valence-corrected chi connectivity index (χ0v) is 14.8. The zero-order chi connectivity index (χ0) is 18.1. The maximum Gasteiger partial charge on any atom is 0.250 e. The number of alkyl halides is 2. The van der Waals surface area contributed by atoms with Crippen LogP contribution in [0.15, 0.2) is 36.8 Å². The zero-order valence-electron chi connectivity index (χ0n) is 14.1. The van der Waals surface area contributed by atoms with Crippen molar-refractivity contribution < 1.29 is 8.78 Å². The van der Waals surface area contributed by atoms with Gasteiger partial charge in [-0.25, -0.2) is 23.4 Å². The second kappa shape index (κ2) is 6.89. The number of aromatic nitrogens is 4. The molecule has 1 aromatic carbocycles. The summed E-state index contributed by atoms with van der Waals surface area (Å²) in [6.07, 6.45) is 3.08. The molecule has 26 heavy (non-hydrogen) atoms. The molecule has 1 saturated heterocycles. The van der Waals surface area contributed by atoms with Gasteiger partial charge < -0.3 is 4.90 Å². The number of benzene rings is 1. The van der Waals surface area contributed by atoms with E-state index in [0.29, 0.717) is 31.2 Å². The molecule has 1 aliphatic heterocycles. The Morgan fingerprint density at radius 1 is 1.08 bits per heavy atom. The van der Waals surface area contributed by atoms with Gasteiger partial charge in [0.1, 0.15) is 6.33 Å². The van der Waals surface area contributed by atoms with Crippen molar-refractivity contribution in [3.8, 4) is 11.3 Å². The summed E-state index contributed by atoms with van der Waals surface area (Å²) in [6, 6.07) is 7.51. The Morgan fingerprint density at radius 2 is 1.85 bits per heavy atom. The fourth-order valence-electron chi connectivity index (χ4n) is 3.26. The van der Waals surface area contributed by atoms with Gasteiger partial charge >= 0.3 is 0 Å². The van der Waals surface area contributed by atoms with E-state index in [1.54, 1.807) is 10.9 Å². The summed E-state index contributed by atoms with van der Waals surface area (Å²) in [5.74, 6) is -2.52. The number of hydrogen-bond acceptors (Lipinski definition) is 4. The van der Waals surface area contributed by atoms with Gasteiger partial charge in [-0.1, -0.05) is 29.8 Å². The fraction of sp³-hybridized carbons (Fsp3) is 0.389. The summed E-state index contributed by atoms with van der Waals surface area (Å²) >= 11 is 6.30. The van der Waals surface area contributed by atoms with Crippen molar-refractivity contribution in [2.45, 2.75) is 25.3 Å². The third-order valence-electron chi connectivity index (χ3n) is 4.78. The second-order valence-electron chi connectivity index (χ2n) is 6.50. The Balaban J connectivity index is 1.55. The first-order chi connectivity index (χ1) is 12.5. The molecule has 3 aromatic rings. The van der Waals surface area contributed by atoms with Crippen molar-refractivity contribution in [1.82, 2.24) is 24.6 Å². The Morgan fingerprint density at radius 3 is 2.62 bits per heavy atom. The Kier molecular flexibility index (Phi) is 4.58.